The van der Waals surface area contributed by atoms with Crippen molar-refractivity contribution in [3.63, 3.8) is 0 Å². The molecular formula is C12H17NO2S. The number of nitrogens with two attached hydrogens (primary N) is 1. The van der Waals surface area contributed by atoms with Crippen LogP contribution in [-0.4, -0.2) is 22.7 Å². The van der Waals surface area contributed by atoms with Gasteiger partial charge in [-0.05, 0) is 37.5 Å². The highest BCUT2D eigenvalue weighted by Gasteiger charge is 2.20. The first-order chi connectivity index (χ1) is 7.68. The number of hydrogen-bond donors (Lipinski definition) is 1. The van der Waals surface area contributed by atoms with Crippen LogP contribution in [0.5, 0.6) is 0 Å². The lowest BCUT2D eigenvalue weighted by molar-refractivity contribution is 0.128. The number of hydrogen-bond acceptors (Lipinski definition) is 3. The van der Waals surface area contributed by atoms with Gasteiger partial charge >= 0.3 is 0 Å². The molecule has 3 nitrogen and oxygen atoms in total. The maximum absolute atomic E-state index is 12.1. The average molecular weight is 239 g/mol. The van der Waals surface area contributed by atoms with Crippen LogP contribution < -0.4 is 5.73 Å². The molecule has 1 saturated heterocycles. The zero-order chi connectivity index (χ0) is 11.5. The first-order valence-electron chi connectivity index (χ1n) is 5.53. The molecule has 0 radical (unpaired) electrons. The SMILES string of the molecule is Cc1c(N)cccc1S(=O)CC1CCCO1. The second-order valence-corrected chi connectivity index (χ2v) is 5.58. The highest BCUT2D eigenvalue weighted by Crippen LogP contribution is 2.22. The molecule has 0 bridgehead atoms. The van der Waals surface area contributed by atoms with Gasteiger partial charge in [0, 0.05) is 17.2 Å². The molecule has 1 aliphatic rings. The quantitative estimate of drug-likeness (QED) is 0.819. The molecule has 0 spiro atoms. The van der Waals surface area contributed by atoms with Crippen LogP contribution in [0.1, 0.15) is 18.4 Å². The van der Waals surface area contributed by atoms with Crippen molar-refractivity contribution in [1.29, 1.82) is 0 Å². The van der Waals surface area contributed by atoms with Crippen LogP contribution in [0.25, 0.3) is 0 Å². The molecule has 16 heavy (non-hydrogen) atoms. The fraction of sp³-hybridized carbons (Fsp3) is 0.500. The molecule has 2 atom stereocenters. The van der Waals surface area contributed by atoms with E-state index in [1.165, 1.54) is 0 Å². The normalized spacial score (nSPS) is 22.2. The first-order valence-corrected chi connectivity index (χ1v) is 6.85. The van der Waals surface area contributed by atoms with Gasteiger partial charge in [0.1, 0.15) is 0 Å². The Morgan fingerprint density at radius 1 is 1.56 bits per heavy atom. The third kappa shape index (κ3) is 2.44. The monoisotopic (exact) mass is 239 g/mol. The van der Waals surface area contributed by atoms with E-state index >= 15 is 0 Å². The minimum Gasteiger partial charge on any atom is -0.398 e. The highest BCUT2D eigenvalue weighted by atomic mass is 32.2. The van der Waals surface area contributed by atoms with Crippen LogP contribution >= 0.6 is 0 Å². The van der Waals surface area contributed by atoms with Crippen molar-refractivity contribution in [1.82, 2.24) is 0 Å². The molecule has 1 aromatic carbocycles. The summed E-state index contributed by atoms with van der Waals surface area (Å²) in [4.78, 5) is 0.843. The molecule has 1 fully saturated rings. The van der Waals surface area contributed by atoms with Crippen molar-refractivity contribution in [3.8, 4) is 0 Å². The lowest BCUT2D eigenvalue weighted by Gasteiger charge is -2.11. The Bertz CT molecular complexity index is 400. The van der Waals surface area contributed by atoms with Crippen LogP contribution in [0.3, 0.4) is 0 Å². The Labute approximate surface area is 98.4 Å². The Kier molecular flexibility index (Phi) is 3.61. The molecule has 0 aromatic heterocycles. The third-order valence-corrected chi connectivity index (χ3v) is 4.54. The topological polar surface area (TPSA) is 52.3 Å². The van der Waals surface area contributed by atoms with E-state index < -0.39 is 10.8 Å². The van der Waals surface area contributed by atoms with Gasteiger partial charge < -0.3 is 10.5 Å². The summed E-state index contributed by atoms with van der Waals surface area (Å²) in [6.45, 7) is 2.72. The van der Waals surface area contributed by atoms with Crippen molar-refractivity contribution < 1.29 is 8.95 Å². The highest BCUT2D eigenvalue weighted by molar-refractivity contribution is 7.85. The zero-order valence-electron chi connectivity index (χ0n) is 9.44. The minimum absolute atomic E-state index is 0.154. The summed E-state index contributed by atoms with van der Waals surface area (Å²) in [5.74, 6) is 0.588. The lowest BCUT2D eigenvalue weighted by atomic mass is 10.2. The van der Waals surface area contributed by atoms with Crippen LogP contribution in [0.15, 0.2) is 23.1 Å². The van der Waals surface area contributed by atoms with Gasteiger partial charge in [0.25, 0.3) is 0 Å². The fourth-order valence-corrected chi connectivity index (χ4v) is 3.38. The van der Waals surface area contributed by atoms with Crippen molar-refractivity contribution in [3.05, 3.63) is 23.8 Å². The molecule has 88 valence electrons. The van der Waals surface area contributed by atoms with Crippen molar-refractivity contribution in [2.24, 2.45) is 0 Å². The summed E-state index contributed by atoms with van der Waals surface area (Å²) in [6.07, 6.45) is 2.26. The maximum Gasteiger partial charge on any atom is 0.0694 e. The van der Waals surface area contributed by atoms with Gasteiger partial charge in [-0.2, -0.15) is 0 Å². The molecule has 1 aromatic rings. The smallest absolute Gasteiger partial charge is 0.0694 e. The fourth-order valence-electron chi connectivity index (χ4n) is 1.91. The van der Waals surface area contributed by atoms with Crippen LogP contribution in [0, 0.1) is 6.92 Å². The number of benzene rings is 1. The number of rotatable bonds is 3. The molecule has 1 aliphatic heterocycles. The molecule has 2 unspecified atom stereocenters. The van der Waals surface area contributed by atoms with Gasteiger partial charge in [-0.25, -0.2) is 0 Å². The van der Waals surface area contributed by atoms with E-state index in [2.05, 4.69) is 0 Å². The summed E-state index contributed by atoms with van der Waals surface area (Å²) in [5, 5.41) is 0. The van der Waals surface area contributed by atoms with Gasteiger partial charge in [0.05, 0.1) is 22.7 Å². The van der Waals surface area contributed by atoms with Gasteiger partial charge in [-0.3, -0.25) is 4.21 Å². The molecule has 0 aliphatic carbocycles. The second-order valence-electron chi connectivity index (χ2n) is 4.12. The average Bonchev–Trinajstić information content (AvgIpc) is 2.74. The third-order valence-electron chi connectivity index (χ3n) is 2.93. The summed E-state index contributed by atoms with van der Waals surface area (Å²) in [5.41, 5.74) is 7.44. The standard InChI is InChI=1S/C12H17NO2S/c1-9-11(13)5-2-6-12(9)16(14)8-10-4-3-7-15-10/h2,5-6,10H,3-4,7-8,13H2,1H3. The Morgan fingerprint density at radius 2 is 2.38 bits per heavy atom. The number of ether oxygens (including phenoxy) is 1. The maximum atomic E-state index is 12.1. The molecule has 0 saturated carbocycles. The predicted octanol–water partition coefficient (Wildman–Crippen LogP) is 1.86. The van der Waals surface area contributed by atoms with Crippen LogP contribution in [-0.2, 0) is 15.5 Å². The first kappa shape index (κ1) is 11.6. The Morgan fingerprint density at radius 3 is 3.06 bits per heavy atom. The van der Waals surface area contributed by atoms with E-state index in [-0.39, 0.29) is 6.10 Å². The largest absolute Gasteiger partial charge is 0.398 e. The van der Waals surface area contributed by atoms with Crippen molar-refractivity contribution in [2.45, 2.75) is 30.8 Å². The van der Waals surface area contributed by atoms with Crippen molar-refractivity contribution in [2.75, 3.05) is 18.1 Å². The molecule has 0 amide bonds. The van der Waals surface area contributed by atoms with Gasteiger partial charge in [0.2, 0.25) is 0 Å². The van der Waals surface area contributed by atoms with E-state index in [9.17, 15) is 4.21 Å². The van der Waals surface area contributed by atoms with E-state index in [0.29, 0.717) is 11.4 Å². The molecule has 2 N–H and O–H groups in total. The lowest BCUT2D eigenvalue weighted by Crippen LogP contribution is -2.16. The second kappa shape index (κ2) is 4.97. The molecule has 4 heteroatoms. The predicted molar refractivity (Wildman–Crippen MR) is 65.8 cm³/mol. The molecular weight excluding hydrogens is 222 g/mol. The van der Waals surface area contributed by atoms with Gasteiger partial charge in [-0.1, -0.05) is 6.07 Å². The Hall–Kier alpha value is -0.870. The Balaban J connectivity index is 2.11. The van der Waals surface area contributed by atoms with E-state index in [1.54, 1.807) is 0 Å². The van der Waals surface area contributed by atoms with Gasteiger partial charge in [-0.15, -0.1) is 0 Å². The minimum atomic E-state index is -1.00. The molecule has 2 rings (SSSR count). The summed E-state index contributed by atoms with van der Waals surface area (Å²) in [7, 11) is -1.00. The van der Waals surface area contributed by atoms with E-state index in [4.69, 9.17) is 10.5 Å². The summed E-state index contributed by atoms with van der Waals surface area (Å²) in [6, 6.07) is 5.57. The van der Waals surface area contributed by atoms with Gasteiger partial charge in [0.15, 0.2) is 0 Å². The van der Waals surface area contributed by atoms with E-state index in [1.807, 2.05) is 25.1 Å². The summed E-state index contributed by atoms with van der Waals surface area (Å²) >= 11 is 0. The molecule has 1 heterocycles. The van der Waals surface area contributed by atoms with Crippen molar-refractivity contribution >= 4 is 16.5 Å². The van der Waals surface area contributed by atoms with Crippen LogP contribution in [0.4, 0.5) is 5.69 Å². The zero-order valence-corrected chi connectivity index (χ0v) is 10.3. The van der Waals surface area contributed by atoms with Crippen LogP contribution in [0.2, 0.25) is 0 Å². The number of anilines is 1. The summed E-state index contributed by atoms with van der Waals surface area (Å²) < 4.78 is 17.6. The number of nitrogen functional groups attached to an aromatic ring is 1. The van der Waals surface area contributed by atoms with E-state index in [0.717, 1.165) is 29.9 Å².